The number of ether oxygens (including phenoxy) is 1. The fourth-order valence-corrected chi connectivity index (χ4v) is 2.91. The van der Waals surface area contributed by atoms with Crippen molar-refractivity contribution >= 4 is 22.4 Å². The largest absolute Gasteiger partial charge is 0.445 e. The summed E-state index contributed by atoms with van der Waals surface area (Å²) in [4.78, 5) is 15.5. The van der Waals surface area contributed by atoms with Crippen molar-refractivity contribution in [2.75, 3.05) is 38.2 Å². The van der Waals surface area contributed by atoms with Crippen LogP contribution in [-0.4, -0.2) is 60.4 Å². The Morgan fingerprint density at radius 3 is 2.59 bits per heavy atom. The monoisotopic (exact) mass is 338 g/mol. The first-order valence-corrected chi connectivity index (χ1v) is 7.62. The second-order valence-corrected chi connectivity index (χ2v) is 5.89. The first kappa shape index (κ1) is 16.9. The first-order valence-electron chi connectivity index (χ1n) is 6.80. The number of amides is 1. The lowest BCUT2D eigenvalue weighted by molar-refractivity contribution is -0.140. The van der Waals surface area contributed by atoms with Gasteiger partial charge in [-0.3, -0.25) is 4.79 Å². The van der Waals surface area contributed by atoms with E-state index in [1.54, 1.807) is 16.7 Å². The maximum atomic E-state index is 12.6. The van der Waals surface area contributed by atoms with Crippen LogP contribution >= 0.6 is 11.3 Å². The maximum Gasteiger partial charge on any atom is 0.445 e. The molecule has 2 rings (SSSR count). The van der Waals surface area contributed by atoms with Crippen molar-refractivity contribution < 1.29 is 22.7 Å². The number of rotatable bonds is 3. The summed E-state index contributed by atoms with van der Waals surface area (Å²) in [6.07, 6.45) is -4.34. The van der Waals surface area contributed by atoms with E-state index in [4.69, 9.17) is 4.74 Å². The number of nitrogens with zero attached hydrogens (tertiary/aromatic N) is 4. The van der Waals surface area contributed by atoms with Crippen LogP contribution in [0.1, 0.15) is 18.4 Å². The lowest BCUT2D eigenvalue weighted by Crippen LogP contribution is -2.41. The van der Waals surface area contributed by atoms with Gasteiger partial charge in [-0.1, -0.05) is 11.3 Å². The van der Waals surface area contributed by atoms with E-state index >= 15 is 0 Å². The summed E-state index contributed by atoms with van der Waals surface area (Å²) >= 11 is 0.527. The molecule has 1 aromatic rings. The number of aromatic nitrogens is 2. The van der Waals surface area contributed by atoms with E-state index < -0.39 is 17.3 Å². The molecule has 1 unspecified atom stereocenters. The first-order chi connectivity index (χ1) is 10.3. The van der Waals surface area contributed by atoms with Gasteiger partial charge >= 0.3 is 6.18 Å². The minimum Gasteiger partial charge on any atom is -0.372 e. The highest BCUT2D eigenvalue weighted by Crippen LogP contribution is 2.34. The van der Waals surface area contributed by atoms with Crippen molar-refractivity contribution in [2.24, 2.45) is 0 Å². The quantitative estimate of drug-likeness (QED) is 0.838. The van der Waals surface area contributed by atoms with Crippen molar-refractivity contribution in [3.8, 4) is 0 Å². The highest BCUT2D eigenvalue weighted by atomic mass is 32.1. The van der Waals surface area contributed by atoms with E-state index in [1.807, 2.05) is 0 Å². The molecule has 1 aliphatic heterocycles. The van der Waals surface area contributed by atoms with Gasteiger partial charge in [0.25, 0.3) is 5.91 Å². The van der Waals surface area contributed by atoms with Gasteiger partial charge in [-0.2, -0.15) is 13.2 Å². The van der Waals surface area contributed by atoms with Gasteiger partial charge in [0.15, 0.2) is 0 Å². The summed E-state index contributed by atoms with van der Waals surface area (Å²) < 4.78 is 42.7. The van der Waals surface area contributed by atoms with E-state index in [0.717, 1.165) is 0 Å². The van der Waals surface area contributed by atoms with Gasteiger partial charge in [0.05, 0.1) is 0 Å². The molecular formula is C12H17F3N4O2S. The third kappa shape index (κ3) is 3.86. The fraction of sp³-hybridized carbons (Fsp3) is 0.750. The topological polar surface area (TPSA) is 58.6 Å². The van der Waals surface area contributed by atoms with Crippen molar-refractivity contribution in [1.29, 1.82) is 0 Å². The second kappa shape index (κ2) is 6.78. The Bertz CT molecular complexity index is 523. The van der Waals surface area contributed by atoms with Gasteiger partial charge in [-0.15, -0.1) is 10.2 Å². The molecule has 0 bridgehead atoms. The summed E-state index contributed by atoms with van der Waals surface area (Å²) in [5, 5.41) is 6.09. The molecule has 124 valence electrons. The Kier molecular flexibility index (Phi) is 5.22. The highest BCUT2D eigenvalue weighted by molar-refractivity contribution is 7.15. The summed E-state index contributed by atoms with van der Waals surface area (Å²) in [5.41, 5.74) is 0. The average molecular weight is 338 g/mol. The molecule has 1 aromatic heterocycles. The number of carbonyl (C=O) groups excluding carboxylic acids is 1. The van der Waals surface area contributed by atoms with Gasteiger partial charge in [-0.05, 0) is 13.3 Å². The van der Waals surface area contributed by atoms with Crippen LogP contribution in [0.25, 0.3) is 0 Å². The van der Waals surface area contributed by atoms with Crippen molar-refractivity contribution in [2.45, 2.75) is 25.6 Å². The SMILES string of the molecule is COC(C)C(=O)N1CCCN(c2nnc(C(F)(F)F)s2)CC1. The van der Waals surface area contributed by atoms with Crippen LogP contribution in [0.4, 0.5) is 18.3 Å². The van der Waals surface area contributed by atoms with Crippen LogP contribution in [0, 0.1) is 0 Å². The van der Waals surface area contributed by atoms with E-state index in [9.17, 15) is 18.0 Å². The van der Waals surface area contributed by atoms with Gasteiger partial charge < -0.3 is 14.5 Å². The Balaban J connectivity index is 2.01. The molecule has 0 aromatic carbocycles. The van der Waals surface area contributed by atoms with E-state index in [1.165, 1.54) is 7.11 Å². The van der Waals surface area contributed by atoms with Crippen LogP contribution in [0.2, 0.25) is 0 Å². The van der Waals surface area contributed by atoms with Crippen LogP contribution < -0.4 is 4.90 Å². The number of hydrogen-bond acceptors (Lipinski definition) is 6. The summed E-state index contributed by atoms with van der Waals surface area (Å²) in [6.45, 7) is 3.61. The summed E-state index contributed by atoms with van der Waals surface area (Å²) in [6, 6.07) is 0. The van der Waals surface area contributed by atoms with E-state index in [-0.39, 0.29) is 11.0 Å². The van der Waals surface area contributed by atoms with Crippen molar-refractivity contribution in [3.05, 3.63) is 5.01 Å². The van der Waals surface area contributed by atoms with E-state index in [0.29, 0.717) is 43.9 Å². The molecule has 0 saturated carbocycles. The zero-order valence-corrected chi connectivity index (χ0v) is 13.1. The predicted molar refractivity (Wildman–Crippen MR) is 74.8 cm³/mol. The number of carbonyl (C=O) groups is 1. The predicted octanol–water partition coefficient (Wildman–Crippen LogP) is 1.63. The zero-order valence-electron chi connectivity index (χ0n) is 12.3. The number of alkyl halides is 3. The number of hydrogen-bond donors (Lipinski definition) is 0. The molecule has 1 saturated heterocycles. The number of halogens is 3. The van der Waals surface area contributed by atoms with Gasteiger partial charge in [0, 0.05) is 33.3 Å². The van der Waals surface area contributed by atoms with Gasteiger partial charge in [0.1, 0.15) is 6.10 Å². The minimum atomic E-state index is -4.47. The maximum absolute atomic E-state index is 12.6. The van der Waals surface area contributed by atoms with E-state index in [2.05, 4.69) is 10.2 Å². The molecule has 22 heavy (non-hydrogen) atoms. The Hall–Kier alpha value is -1.42. The van der Waals surface area contributed by atoms with Crippen LogP contribution in [0.3, 0.4) is 0 Å². The van der Waals surface area contributed by atoms with Crippen molar-refractivity contribution in [1.82, 2.24) is 15.1 Å². The molecule has 0 aliphatic carbocycles. The molecule has 1 fully saturated rings. The molecule has 10 heteroatoms. The fourth-order valence-electron chi connectivity index (χ4n) is 2.14. The standard InChI is InChI=1S/C12H17F3N4O2S/c1-8(21-2)9(20)18-4-3-5-19(7-6-18)11-17-16-10(22-11)12(13,14)15/h8H,3-7H2,1-2H3. The van der Waals surface area contributed by atoms with Gasteiger partial charge in [0.2, 0.25) is 10.1 Å². The summed E-state index contributed by atoms with van der Waals surface area (Å²) in [7, 11) is 1.46. The lowest BCUT2D eigenvalue weighted by atomic mass is 10.3. The Labute approximate surface area is 129 Å². The Morgan fingerprint density at radius 1 is 1.27 bits per heavy atom. The van der Waals surface area contributed by atoms with Gasteiger partial charge in [-0.25, -0.2) is 0 Å². The van der Waals surface area contributed by atoms with Crippen LogP contribution in [0.5, 0.6) is 0 Å². The minimum absolute atomic E-state index is 0.113. The summed E-state index contributed by atoms with van der Waals surface area (Å²) in [5.74, 6) is -0.113. The molecule has 2 heterocycles. The Morgan fingerprint density at radius 2 is 2.00 bits per heavy atom. The molecule has 0 radical (unpaired) electrons. The molecular weight excluding hydrogens is 321 g/mol. The number of anilines is 1. The third-order valence-electron chi connectivity index (χ3n) is 3.44. The second-order valence-electron chi connectivity index (χ2n) is 4.93. The molecule has 1 amide bonds. The molecule has 6 nitrogen and oxygen atoms in total. The average Bonchev–Trinajstić information content (AvgIpc) is 2.85. The molecule has 0 N–H and O–H groups in total. The normalized spacial score (nSPS) is 18.2. The third-order valence-corrected chi connectivity index (χ3v) is 4.47. The van der Waals surface area contributed by atoms with Crippen molar-refractivity contribution in [3.63, 3.8) is 0 Å². The molecule has 1 atom stereocenters. The molecule has 1 aliphatic rings. The lowest BCUT2D eigenvalue weighted by Gasteiger charge is -2.23. The van der Waals surface area contributed by atoms with Crippen LogP contribution in [0.15, 0.2) is 0 Å². The molecule has 0 spiro atoms. The van der Waals surface area contributed by atoms with Crippen LogP contribution in [-0.2, 0) is 15.7 Å². The number of methoxy groups -OCH3 is 1. The smallest absolute Gasteiger partial charge is 0.372 e. The zero-order chi connectivity index (χ0) is 16.3. The highest BCUT2D eigenvalue weighted by Gasteiger charge is 2.36.